The molecule has 0 atom stereocenters. The summed E-state index contributed by atoms with van der Waals surface area (Å²) < 4.78 is 43.3. The summed E-state index contributed by atoms with van der Waals surface area (Å²) in [6, 6.07) is 7.30. The highest BCUT2D eigenvalue weighted by Gasteiger charge is 2.32. The fraction of sp³-hybridized carbons (Fsp3) is 0.333. The van der Waals surface area contributed by atoms with E-state index in [2.05, 4.69) is 20.4 Å². The number of carbonyl (C=O) groups is 1. The first-order chi connectivity index (χ1) is 15.2. The number of hydrogen-bond donors (Lipinski definition) is 1. The first-order valence-electron chi connectivity index (χ1n) is 9.90. The van der Waals surface area contributed by atoms with Crippen molar-refractivity contribution in [1.82, 2.24) is 20.0 Å². The van der Waals surface area contributed by atoms with Crippen molar-refractivity contribution in [3.8, 4) is 11.4 Å². The molecule has 4 rings (SSSR count). The van der Waals surface area contributed by atoms with E-state index in [0.29, 0.717) is 48.1 Å². The molecule has 1 aromatic carbocycles. The van der Waals surface area contributed by atoms with E-state index in [-0.39, 0.29) is 17.8 Å². The molecule has 7 nitrogen and oxygen atoms in total. The number of halogens is 4. The molecular formula is C21H19ClF3N5O2. The minimum absolute atomic E-state index is 0.0507. The Bertz CT molecular complexity index is 1110. The molecular weight excluding hydrogens is 447 g/mol. The number of likely N-dealkylation sites (tertiary alicyclic amines) is 1. The van der Waals surface area contributed by atoms with Crippen LogP contribution in [0.4, 0.5) is 23.7 Å². The molecule has 1 saturated heterocycles. The first-order valence-corrected chi connectivity index (χ1v) is 10.3. The molecule has 2 aromatic heterocycles. The van der Waals surface area contributed by atoms with Crippen molar-refractivity contribution in [1.29, 1.82) is 0 Å². The number of alkyl halides is 3. The Kier molecular flexibility index (Phi) is 6.05. The van der Waals surface area contributed by atoms with E-state index < -0.39 is 11.9 Å². The molecule has 2 amide bonds. The summed E-state index contributed by atoms with van der Waals surface area (Å²) in [5.74, 6) is 0.516. The highest BCUT2D eigenvalue weighted by molar-refractivity contribution is 6.33. The molecule has 1 aliphatic rings. The van der Waals surface area contributed by atoms with E-state index in [0.717, 1.165) is 17.8 Å². The minimum Gasteiger partial charge on any atom is -0.339 e. The van der Waals surface area contributed by atoms with Gasteiger partial charge in [-0.1, -0.05) is 22.8 Å². The van der Waals surface area contributed by atoms with Crippen LogP contribution in [0.5, 0.6) is 0 Å². The van der Waals surface area contributed by atoms with Gasteiger partial charge in [0.05, 0.1) is 10.7 Å². The summed E-state index contributed by atoms with van der Waals surface area (Å²) >= 11 is 6.15. The quantitative estimate of drug-likeness (QED) is 0.550. The molecule has 3 aromatic rings. The van der Waals surface area contributed by atoms with Gasteiger partial charge in [-0.25, -0.2) is 4.79 Å². The summed E-state index contributed by atoms with van der Waals surface area (Å²) in [7, 11) is 0. The predicted octanol–water partition coefficient (Wildman–Crippen LogP) is 5.52. The molecule has 32 heavy (non-hydrogen) atoms. The van der Waals surface area contributed by atoms with Gasteiger partial charge in [-0.2, -0.15) is 18.2 Å². The van der Waals surface area contributed by atoms with Gasteiger partial charge < -0.3 is 14.7 Å². The number of anilines is 1. The van der Waals surface area contributed by atoms with Gasteiger partial charge in [0, 0.05) is 30.8 Å². The highest BCUT2D eigenvalue weighted by atomic mass is 35.5. The minimum atomic E-state index is -4.51. The summed E-state index contributed by atoms with van der Waals surface area (Å²) in [6.07, 6.45) is -2.21. The Morgan fingerprint density at radius 3 is 2.62 bits per heavy atom. The number of pyridine rings is 1. The molecule has 168 valence electrons. The van der Waals surface area contributed by atoms with E-state index in [1.165, 1.54) is 6.07 Å². The van der Waals surface area contributed by atoms with Crippen molar-refractivity contribution < 1.29 is 22.5 Å². The van der Waals surface area contributed by atoms with Crippen LogP contribution in [0.1, 0.15) is 35.9 Å². The van der Waals surface area contributed by atoms with Gasteiger partial charge in [-0.05, 0) is 49.6 Å². The molecule has 0 spiro atoms. The second kappa shape index (κ2) is 8.78. The van der Waals surface area contributed by atoms with Crippen molar-refractivity contribution >= 4 is 23.3 Å². The third-order valence-electron chi connectivity index (χ3n) is 5.25. The Balaban J connectivity index is 1.36. The van der Waals surface area contributed by atoms with Crippen LogP contribution in [0.3, 0.4) is 0 Å². The molecule has 0 unspecified atom stereocenters. The number of amides is 2. The second-order valence-corrected chi connectivity index (χ2v) is 7.97. The number of urea groups is 1. The van der Waals surface area contributed by atoms with Crippen molar-refractivity contribution in [3.63, 3.8) is 0 Å². The fourth-order valence-corrected chi connectivity index (χ4v) is 3.64. The topological polar surface area (TPSA) is 84.2 Å². The molecule has 0 radical (unpaired) electrons. The Labute approximate surface area is 186 Å². The lowest BCUT2D eigenvalue weighted by Gasteiger charge is -2.30. The van der Waals surface area contributed by atoms with Crippen LogP contribution in [0, 0.1) is 6.92 Å². The first kappa shape index (κ1) is 22.1. The molecule has 3 heterocycles. The van der Waals surface area contributed by atoms with Gasteiger partial charge in [0.1, 0.15) is 5.69 Å². The number of nitrogens with zero attached hydrogens (tertiary/aromatic N) is 4. The Morgan fingerprint density at radius 2 is 1.97 bits per heavy atom. The normalized spacial score (nSPS) is 15.1. The van der Waals surface area contributed by atoms with Crippen molar-refractivity contribution in [3.05, 3.63) is 58.7 Å². The monoisotopic (exact) mass is 465 g/mol. The van der Waals surface area contributed by atoms with Crippen LogP contribution in [0.25, 0.3) is 11.4 Å². The van der Waals surface area contributed by atoms with E-state index in [9.17, 15) is 18.0 Å². The van der Waals surface area contributed by atoms with Crippen molar-refractivity contribution in [2.45, 2.75) is 31.9 Å². The molecule has 0 saturated carbocycles. The summed E-state index contributed by atoms with van der Waals surface area (Å²) in [4.78, 5) is 22.0. The summed E-state index contributed by atoms with van der Waals surface area (Å²) in [5, 5.41) is 7.17. The zero-order valence-electron chi connectivity index (χ0n) is 17.0. The predicted molar refractivity (Wildman–Crippen MR) is 111 cm³/mol. The lowest BCUT2D eigenvalue weighted by molar-refractivity contribution is -0.141. The lowest BCUT2D eigenvalue weighted by Crippen LogP contribution is -2.40. The summed E-state index contributed by atoms with van der Waals surface area (Å²) in [5.41, 5.74) is 0.895. The maximum Gasteiger partial charge on any atom is 0.433 e. The van der Waals surface area contributed by atoms with Crippen LogP contribution < -0.4 is 5.32 Å². The van der Waals surface area contributed by atoms with Gasteiger partial charge in [-0.15, -0.1) is 0 Å². The van der Waals surface area contributed by atoms with Crippen LogP contribution in [-0.2, 0) is 6.18 Å². The average Bonchev–Trinajstić information content (AvgIpc) is 3.26. The van der Waals surface area contributed by atoms with E-state index in [1.807, 2.05) is 19.1 Å². The highest BCUT2D eigenvalue weighted by Crippen LogP contribution is 2.31. The van der Waals surface area contributed by atoms with Crippen LogP contribution in [0.15, 0.2) is 41.1 Å². The van der Waals surface area contributed by atoms with Crippen molar-refractivity contribution in [2.75, 3.05) is 18.4 Å². The number of aromatic nitrogens is 3. The molecule has 0 aliphatic carbocycles. The fourth-order valence-electron chi connectivity index (χ4n) is 3.47. The molecule has 0 bridgehead atoms. The number of rotatable bonds is 3. The van der Waals surface area contributed by atoms with E-state index >= 15 is 0 Å². The second-order valence-electron chi connectivity index (χ2n) is 7.56. The number of benzene rings is 1. The smallest absolute Gasteiger partial charge is 0.339 e. The Morgan fingerprint density at radius 1 is 1.22 bits per heavy atom. The third-order valence-corrected chi connectivity index (χ3v) is 5.58. The third kappa shape index (κ3) is 4.85. The van der Waals surface area contributed by atoms with Gasteiger partial charge >= 0.3 is 12.2 Å². The van der Waals surface area contributed by atoms with Crippen LogP contribution in [0.2, 0.25) is 5.02 Å². The molecule has 1 N–H and O–H groups in total. The molecule has 1 fully saturated rings. The van der Waals surface area contributed by atoms with Crippen molar-refractivity contribution in [2.24, 2.45) is 0 Å². The zero-order valence-corrected chi connectivity index (χ0v) is 17.7. The molecule has 1 aliphatic heterocycles. The van der Waals surface area contributed by atoms with Gasteiger partial charge in [0.2, 0.25) is 11.7 Å². The van der Waals surface area contributed by atoms with Gasteiger partial charge in [0.25, 0.3) is 0 Å². The van der Waals surface area contributed by atoms with Crippen LogP contribution in [-0.4, -0.2) is 39.1 Å². The SMILES string of the molecule is Cc1ccc(Cl)c(NC(=O)N2CCC(c3nc(-c4ccc(C(F)(F)F)nc4)no3)CC2)c1. The lowest BCUT2D eigenvalue weighted by atomic mass is 9.97. The maximum absolute atomic E-state index is 12.7. The van der Waals surface area contributed by atoms with Gasteiger partial charge in [0.15, 0.2) is 0 Å². The number of hydrogen-bond acceptors (Lipinski definition) is 5. The number of aryl methyl sites for hydroxylation is 1. The standard InChI is InChI=1S/C21H19ClF3N5O2/c1-12-2-4-15(22)16(10-12)27-20(31)30-8-6-13(7-9-30)19-28-18(29-32-19)14-3-5-17(26-11-14)21(23,24)25/h2-5,10-11,13H,6-9H2,1H3,(H,27,31). The number of nitrogens with one attached hydrogen (secondary N) is 1. The van der Waals surface area contributed by atoms with E-state index in [4.69, 9.17) is 16.1 Å². The zero-order chi connectivity index (χ0) is 22.9. The maximum atomic E-state index is 12.7. The largest absolute Gasteiger partial charge is 0.433 e. The van der Waals surface area contributed by atoms with Gasteiger partial charge in [-0.3, -0.25) is 4.98 Å². The molecule has 11 heteroatoms. The Hall–Kier alpha value is -3.14. The van der Waals surface area contributed by atoms with Crippen LogP contribution >= 0.6 is 11.6 Å². The van der Waals surface area contributed by atoms with E-state index in [1.54, 1.807) is 11.0 Å². The summed E-state index contributed by atoms with van der Waals surface area (Å²) in [6.45, 7) is 2.88. The number of piperidine rings is 1. The average molecular weight is 466 g/mol. The number of carbonyl (C=O) groups excluding carboxylic acids is 1.